The highest BCUT2D eigenvalue weighted by Crippen LogP contribution is 2.38. The summed E-state index contributed by atoms with van der Waals surface area (Å²) in [5, 5.41) is 4.70. The molecule has 0 bridgehead atoms. The molecule has 0 saturated heterocycles. The van der Waals surface area contributed by atoms with Gasteiger partial charge in [-0.05, 0) is 36.2 Å². The smallest absolute Gasteiger partial charge is 0.185 e. The summed E-state index contributed by atoms with van der Waals surface area (Å²) < 4.78 is 20.5. The van der Waals surface area contributed by atoms with Crippen molar-refractivity contribution >= 4 is 28.3 Å². The maximum absolute atomic E-state index is 14.9. The summed E-state index contributed by atoms with van der Waals surface area (Å²) in [4.78, 5) is 0. The second-order valence-electron chi connectivity index (χ2n) is 5.25. The van der Waals surface area contributed by atoms with Crippen LogP contribution in [0.5, 0.6) is 0 Å². The minimum absolute atomic E-state index is 0.314. The Bertz CT molecular complexity index is 827. The molecular formula is C17H13ClFNO. The molecule has 106 valence electrons. The van der Waals surface area contributed by atoms with Crippen LogP contribution in [0.25, 0.3) is 11.0 Å². The molecule has 1 aliphatic heterocycles. The van der Waals surface area contributed by atoms with Gasteiger partial charge in [0.1, 0.15) is 11.3 Å². The monoisotopic (exact) mass is 301 g/mol. The first-order valence-electron chi connectivity index (χ1n) is 6.91. The van der Waals surface area contributed by atoms with Gasteiger partial charge in [-0.2, -0.15) is 0 Å². The summed E-state index contributed by atoms with van der Waals surface area (Å²) >= 11 is 5.96. The Hall–Kier alpha value is -2.00. The van der Waals surface area contributed by atoms with Crippen LogP contribution in [0.2, 0.25) is 5.02 Å². The van der Waals surface area contributed by atoms with E-state index in [1.165, 1.54) is 0 Å². The number of alkyl halides is 1. The number of para-hydroxylation sites is 1. The third kappa shape index (κ3) is 2.09. The number of rotatable bonds is 2. The van der Waals surface area contributed by atoms with Gasteiger partial charge in [-0.3, -0.25) is 0 Å². The molecule has 1 unspecified atom stereocenters. The van der Waals surface area contributed by atoms with Crippen LogP contribution in [0, 0.1) is 0 Å². The molecule has 1 atom stereocenters. The lowest BCUT2D eigenvalue weighted by atomic mass is 10.0. The zero-order valence-electron chi connectivity index (χ0n) is 11.2. The van der Waals surface area contributed by atoms with E-state index in [1.54, 1.807) is 24.3 Å². The third-order valence-corrected chi connectivity index (χ3v) is 4.13. The van der Waals surface area contributed by atoms with Crippen molar-refractivity contribution in [2.24, 2.45) is 0 Å². The highest BCUT2D eigenvalue weighted by molar-refractivity contribution is 6.31. The molecule has 0 aliphatic carbocycles. The fraction of sp³-hybridized carbons (Fsp3) is 0.176. The van der Waals surface area contributed by atoms with E-state index in [0.29, 0.717) is 21.9 Å². The zero-order chi connectivity index (χ0) is 14.4. The van der Waals surface area contributed by atoms with E-state index in [-0.39, 0.29) is 0 Å². The Labute approximate surface area is 126 Å². The maximum atomic E-state index is 14.9. The van der Waals surface area contributed by atoms with Gasteiger partial charge in [-0.25, -0.2) is 4.39 Å². The number of fused-ring (bicyclic) bond motifs is 2. The van der Waals surface area contributed by atoms with Gasteiger partial charge in [0.15, 0.2) is 6.17 Å². The van der Waals surface area contributed by atoms with Crippen molar-refractivity contribution in [1.29, 1.82) is 0 Å². The Morgan fingerprint density at radius 3 is 3.00 bits per heavy atom. The molecule has 1 N–H and O–H groups in total. The Balaban J connectivity index is 1.79. The molecule has 2 aromatic carbocycles. The molecule has 3 aromatic rings. The lowest BCUT2D eigenvalue weighted by Gasteiger charge is -2.11. The fourth-order valence-corrected chi connectivity index (χ4v) is 3.07. The van der Waals surface area contributed by atoms with Gasteiger partial charge in [-0.15, -0.1) is 0 Å². The lowest BCUT2D eigenvalue weighted by molar-refractivity contribution is 0.341. The van der Waals surface area contributed by atoms with Gasteiger partial charge in [-0.1, -0.05) is 29.8 Å². The normalized spacial score (nSPS) is 15.0. The van der Waals surface area contributed by atoms with Gasteiger partial charge >= 0.3 is 0 Å². The number of benzene rings is 2. The average Bonchev–Trinajstić information content (AvgIpc) is 3.11. The summed E-state index contributed by atoms with van der Waals surface area (Å²) in [5.41, 5.74) is 3.35. The molecule has 0 fully saturated rings. The summed E-state index contributed by atoms with van der Waals surface area (Å²) in [6.45, 7) is 0.856. The van der Waals surface area contributed by atoms with Gasteiger partial charge < -0.3 is 9.73 Å². The van der Waals surface area contributed by atoms with Crippen LogP contribution in [0.1, 0.15) is 23.1 Å². The van der Waals surface area contributed by atoms with Crippen molar-refractivity contribution in [1.82, 2.24) is 0 Å². The van der Waals surface area contributed by atoms with Crippen LogP contribution in [0.3, 0.4) is 0 Å². The predicted molar refractivity (Wildman–Crippen MR) is 82.8 cm³/mol. The molecule has 2 heterocycles. The second-order valence-corrected chi connectivity index (χ2v) is 5.69. The number of hydrogen-bond donors (Lipinski definition) is 1. The molecular weight excluding hydrogens is 289 g/mol. The first kappa shape index (κ1) is 12.7. The molecule has 0 radical (unpaired) electrons. The van der Waals surface area contributed by atoms with E-state index in [2.05, 4.69) is 5.32 Å². The van der Waals surface area contributed by atoms with Gasteiger partial charge in [0.25, 0.3) is 0 Å². The summed E-state index contributed by atoms with van der Waals surface area (Å²) in [5.74, 6) is 0.314. The third-order valence-electron chi connectivity index (χ3n) is 3.90. The Morgan fingerprint density at radius 2 is 2.10 bits per heavy atom. The van der Waals surface area contributed by atoms with Gasteiger partial charge in [0.2, 0.25) is 0 Å². The van der Waals surface area contributed by atoms with Crippen molar-refractivity contribution in [3.05, 3.63) is 64.4 Å². The average molecular weight is 302 g/mol. The number of furan rings is 1. The van der Waals surface area contributed by atoms with E-state index in [0.717, 1.165) is 29.6 Å². The van der Waals surface area contributed by atoms with E-state index in [4.69, 9.17) is 16.0 Å². The van der Waals surface area contributed by atoms with Crippen LogP contribution in [0.4, 0.5) is 10.1 Å². The Kier molecular flexibility index (Phi) is 2.89. The summed E-state index contributed by atoms with van der Waals surface area (Å²) in [7, 11) is 0. The topological polar surface area (TPSA) is 25.2 Å². The van der Waals surface area contributed by atoms with Crippen molar-refractivity contribution in [3.63, 3.8) is 0 Å². The molecule has 1 aliphatic rings. The molecule has 0 spiro atoms. The van der Waals surface area contributed by atoms with Crippen molar-refractivity contribution < 1.29 is 8.81 Å². The molecule has 0 saturated carbocycles. The molecule has 1 aromatic heterocycles. The minimum Gasteiger partial charge on any atom is -0.458 e. The van der Waals surface area contributed by atoms with Gasteiger partial charge in [0.05, 0.1) is 0 Å². The molecule has 4 heteroatoms. The summed E-state index contributed by atoms with van der Waals surface area (Å²) in [6.07, 6.45) is -0.345. The van der Waals surface area contributed by atoms with E-state index in [9.17, 15) is 4.39 Å². The summed E-state index contributed by atoms with van der Waals surface area (Å²) in [6, 6.07) is 12.7. The second kappa shape index (κ2) is 4.78. The fourth-order valence-electron chi connectivity index (χ4n) is 2.89. The number of hydrogen-bond acceptors (Lipinski definition) is 2. The van der Waals surface area contributed by atoms with Crippen molar-refractivity contribution in [3.8, 4) is 0 Å². The first-order valence-corrected chi connectivity index (χ1v) is 7.29. The quantitative estimate of drug-likeness (QED) is 0.711. The maximum Gasteiger partial charge on any atom is 0.185 e. The molecule has 0 amide bonds. The molecule has 4 rings (SSSR count). The highest BCUT2D eigenvalue weighted by atomic mass is 35.5. The van der Waals surface area contributed by atoms with Crippen LogP contribution in [-0.2, 0) is 6.42 Å². The standard InChI is InChI=1S/C17H13ClFNO/c18-12-4-5-14-11(8-12)9-15(21-14)16(19)13-3-1-2-10-6-7-20-17(10)13/h1-5,8-9,16,20H,6-7H2. The highest BCUT2D eigenvalue weighted by Gasteiger charge is 2.24. The number of anilines is 1. The lowest BCUT2D eigenvalue weighted by Crippen LogP contribution is -1.99. The van der Waals surface area contributed by atoms with Crippen molar-refractivity contribution in [2.75, 3.05) is 11.9 Å². The van der Waals surface area contributed by atoms with Crippen LogP contribution in [-0.4, -0.2) is 6.54 Å². The van der Waals surface area contributed by atoms with Crippen molar-refractivity contribution in [2.45, 2.75) is 12.6 Å². The number of nitrogens with one attached hydrogen (secondary N) is 1. The molecule has 21 heavy (non-hydrogen) atoms. The van der Waals surface area contributed by atoms with E-state index in [1.807, 2.05) is 18.2 Å². The number of halogens is 2. The van der Waals surface area contributed by atoms with Crippen LogP contribution in [0.15, 0.2) is 46.9 Å². The largest absolute Gasteiger partial charge is 0.458 e. The zero-order valence-corrected chi connectivity index (χ0v) is 12.0. The minimum atomic E-state index is -1.28. The van der Waals surface area contributed by atoms with Gasteiger partial charge in [0, 0.05) is 28.2 Å². The predicted octanol–water partition coefficient (Wildman–Crippen LogP) is 5.11. The SMILES string of the molecule is FC(c1cc2cc(Cl)ccc2o1)c1cccc2c1NCC2. The Morgan fingerprint density at radius 1 is 1.19 bits per heavy atom. The molecule has 2 nitrogen and oxygen atoms in total. The first-order chi connectivity index (χ1) is 10.2. The van der Waals surface area contributed by atoms with Crippen LogP contribution < -0.4 is 5.32 Å². The van der Waals surface area contributed by atoms with Crippen LogP contribution >= 0.6 is 11.6 Å². The van der Waals surface area contributed by atoms with E-state index < -0.39 is 6.17 Å². The van der Waals surface area contributed by atoms with E-state index >= 15 is 0 Å².